The van der Waals surface area contributed by atoms with Gasteiger partial charge in [0.15, 0.2) is 6.71 Å². The minimum absolute atomic E-state index is 0.238. The van der Waals surface area contributed by atoms with Crippen molar-refractivity contribution in [3.05, 3.63) is 0 Å². The van der Waals surface area contributed by atoms with E-state index in [1.54, 1.807) is 0 Å². The van der Waals surface area contributed by atoms with E-state index in [1.807, 2.05) is 20.8 Å². The van der Waals surface area contributed by atoms with E-state index < -0.39 is 18.0 Å². The number of hydrogen-bond acceptors (Lipinski definition) is 0. The smallest absolute Gasteiger partial charge is 0.126 e. The van der Waals surface area contributed by atoms with E-state index in [2.05, 4.69) is 0 Å². The van der Waals surface area contributed by atoms with Crippen molar-refractivity contribution in [2.24, 2.45) is 0 Å². The number of hydrogen-bond donors (Lipinski definition) is 0. The second-order valence-corrected chi connectivity index (χ2v) is 31.9. The Morgan fingerprint density at radius 1 is 0.526 bits per heavy atom. The zero-order chi connectivity index (χ0) is 15.8. The molecule has 13 heteroatoms. The van der Waals surface area contributed by atoms with E-state index >= 15 is 0 Å². The standard InChI is InChI=1S/C6H12BCl9Si3/c1-4(17(8,9)10)7(5(2)18(11,12)13)6(3)19(14,15)16/h4-6H,1-3H3. The molecule has 0 saturated heterocycles. The van der Waals surface area contributed by atoms with Crippen LogP contribution in [-0.2, 0) is 0 Å². The van der Waals surface area contributed by atoms with Crippen LogP contribution in [0.4, 0.5) is 0 Å². The average molecular weight is 498 g/mol. The van der Waals surface area contributed by atoms with Gasteiger partial charge in [-0.1, -0.05) is 20.8 Å². The van der Waals surface area contributed by atoms with Crippen LogP contribution in [0.2, 0.25) is 16.3 Å². The second-order valence-electron chi connectivity index (χ2n) is 4.57. The normalized spacial score (nSPS) is 18.9. The van der Waals surface area contributed by atoms with E-state index in [9.17, 15) is 0 Å². The summed E-state index contributed by atoms with van der Waals surface area (Å²) in [5.41, 5.74) is -0.809. The first-order valence-corrected chi connectivity index (χ1v) is 20.6. The Morgan fingerprint density at radius 2 is 0.684 bits per heavy atom. The van der Waals surface area contributed by atoms with Crippen LogP contribution in [0.1, 0.15) is 20.8 Å². The molecular weight excluding hydrogens is 486 g/mol. The predicted molar refractivity (Wildman–Crippen MR) is 104 cm³/mol. The number of halogens is 9. The van der Waals surface area contributed by atoms with E-state index in [-0.39, 0.29) is 23.0 Å². The van der Waals surface area contributed by atoms with Crippen LogP contribution in [0.3, 0.4) is 0 Å². The molecule has 0 aromatic heterocycles. The summed E-state index contributed by atoms with van der Waals surface area (Å²) in [6.45, 7) is 5.24. The molecule has 0 aliphatic rings. The van der Waals surface area contributed by atoms with Gasteiger partial charge in [-0.3, -0.25) is 0 Å². The Balaban J connectivity index is 5.52. The predicted octanol–water partition coefficient (Wildman–Crippen LogP) is 7.24. The van der Waals surface area contributed by atoms with Gasteiger partial charge in [0.25, 0.3) is 0 Å². The summed E-state index contributed by atoms with van der Waals surface area (Å²) in [7, 11) is 0. The quantitative estimate of drug-likeness (QED) is 0.268. The summed E-state index contributed by atoms with van der Waals surface area (Å²) in [5.74, 6) is 0. The van der Waals surface area contributed by atoms with Crippen molar-refractivity contribution >= 4 is 124 Å². The van der Waals surface area contributed by atoms with Crippen molar-refractivity contribution in [2.45, 2.75) is 37.1 Å². The molecule has 0 saturated carbocycles. The summed E-state index contributed by atoms with van der Waals surface area (Å²) in [6.07, 6.45) is 0. The molecule has 0 nitrogen and oxygen atoms in total. The Morgan fingerprint density at radius 3 is 0.789 bits per heavy atom. The van der Waals surface area contributed by atoms with Crippen molar-refractivity contribution in [3.8, 4) is 0 Å². The molecule has 114 valence electrons. The summed E-state index contributed by atoms with van der Waals surface area (Å²) in [6, 6.07) is -8.99. The zero-order valence-corrected chi connectivity index (χ0v) is 20.0. The van der Waals surface area contributed by atoms with Gasteiger partial charge < -0.3 is 0 Å². The first-order chi connectivity index (χ1) is 8.10. The molecule has 0 radical (unpaired) electrons. The molecule has 0 spiro atoms. The summed E-state index contributed by atoms with van der Waals surface area (Å²) < 4.78 is 0. The molecule has 0 rings (SSSR count). The van der Waals surface area contributed by atoms with Crippen molar-refractivity contribution in [2.75, 3.05) is 0 Å². The van der Waals surface area contributed by atoms with E-state index in [4.69, 9.17) is 99.7 Å². The summed E-state index contributed by atoms with van der Waals surface area (Å²) >= 11 is 55.0. The third kappa shape index (κ3) is 7.17. The van der Waals surface area contributed by atoms with Crippen LogP contribution < -0.4 is 0 Å². The van der Waals surface area contributed by atoms with Crippen LogP contribution in [0.5, 0.6) is 0 Å². The molecule has 0 aliphatic carbocycles. The lowest BCUT2D eigenvalue weighted by Gasteiger charge is -2.37. The Hall–Kier alpha value is 3.33. The molecule has 0 fully saturated rings. The molecule has 0 aromatic rings. The minimum atomic E-state index is -3.00. The maximum atomic E-state index is 6.11. The number of rotatable bonds is 6. The highest BCUT2D eigenvalue weighted by atomic mass is 35.9. The lowest BCUT2D eigenvalue weighted by molar-refractivity contribution is 1.09. The summed E-state index contributed by atoms with van der Waals surface area (Å²) in [4.78, 5) is 0. The van der Waals surface area contributed by atoms with E-state index in [0.29, 0.717) is 0 Å². The highest BCUT2D eigenvalue weighted by Gasteiger charge is 2.55. The minimum Gasteiger partial charge on any atom is -0.126 e. The van der Waals surface area contributed by atoms with Crippen molar-refractivity contribution in [1.82, 2.24) is 0 Å². The first-order valence-electron chi connectivity index (χ1n) is 5.30. The second kappa shape index (κ2) is 7.93. The Kier molecular flexibility index (Phi) is 9.32. The van der Waals surface area contributed by atoms with Gasteiger partial charge in [0, 0.05) is 0 Å². The zero-order valence-electron chi connectivity index (χ0n) is 10.2. The molecule has 0 bridgehead atoms. The van der Waals surface area contributed by atoms with Crippen molar-refractivity contribution in [3.63, 3.8) is 0 Å². The van der Waals surface area contributed by atoms with Gasteiger partial charge in [0.2, 0.25) is 0 Å². The van der Waals surface area contributed by atoms with Crippen LogP contribution >= 0.6 is 99.7 Å². The molecule has 19 heavy (non-hydrogen) atoms. The van der Waals surface area contributed by atoms with Crippen LogP contribution in [0.15, 0.2) is 0 Å². The van der Waals surface area contributed by atoms with E-state index in [0.717, 1.165) is 0 Å². The molecule has 0 heterocycles. The van der Waals surface area contributed by atoms with Gasteiger partial charge in [0.05, 0.1) is 0 Å². The average Bonchev–Trinajstić information content (AvgIpc) is 2.13. The third-order valence-electron chi connectivity index (χ3n) is 3.28. The fraction of sp³-hybridized carbons (Fsp3) is 1.00. The fourth-order valence-corrected chi connectivity index (χ4v) is 9.50. The molecule has 3 unspecified atom stereocenters. The van der Waals surface area contributed by atoms with Crippen LogP contribution in [0.25, 0.3) is 0 Å². The van der Waals surface area contributed by atoms with Gasteiger partial charge >= 0.3 is 18.0 Å². The highest BCUT2D eigenvalue weighted by molar-refractivity contribution is 7.70. The van der Waals surface area contributed by atoms with Crippen molar-refractivity contribution in [1.29, 1.82) is 0 Å². The molecule has 0 amide bonds. The molecule has 0 aromatic carbocycles. The molecular formula is C6H12BCl9Si3. The fourth-order valence-electron chi connectivity index (χ4n) is 1.95. The van der Waals surface area contributed by atoms with Gasteiger partial charge in [0.1, 0.15) is 0 Å². The van der Waals surface area contributed by atoms with Crippen LogP contribution in [-0.4, -0.2) is 24.7 Å². The maximum Gasteiger partial charge on any atom is 0.337 e. The monoisotopic (exact) mass is 494 g/mol. The molecule has 0 aliphatic heterocycles. The van der Waals surface area contributed by atoms with Gasteiger partial charge in [-0.25, -0.2) is 0 Å². The van der Waals surface area contributed by atoms with Gasteiger partial charge in [-0.15, -0.1) is 99.7 Å². The van der Waals surface area contributed by atoms with Crippen molar-refractivity contribution < 1.29 is 0 Å². The largest absolute Gasteiger partial charge is 0.337 e. The highest BCUT2D eigenvalue weighted by Crippen LogP contribution is 2.51. The Bertz CT molecular complexity index is 250. The molecule has 0 N–H and O–H groups in total. The van der Waals surface area contributed by atoms with Gasteiger partial charge in [-0.05, 0) is 16.3 Å². The first kappa shape index (κ1) is 22.3. The Labute approximate surface area is 160 Å². The SMILES string of the molecule is CC(B(C(C)[Si](Cl)(Cl)Cl)C(C)[Si](Cl)(Cl)Cl)[Si](Cl)(Cl)Cl. The van der Waals surface area contributed by atoms with E-state index in [1.165, 1.54) is 0 Å². The topological polar surface area (TPSA) is 0 Å². The lowest BCUT2D eigenvalue weighted by Crippen LogP contribution is -2.47. The van der Waals surface area contributed by atoms with Gasteiger partial charge in [-0.2, -0.15) is 0 Å². The van der Waals surface area contributed by atoms with Crippen LogP contribution in [0, 0.1) is 0 Å². The summed E-state index contributed by atoms with van der Waals surface area (Å²) in [5, 5.41) is 0. The maximum absolute atomic E-state index is 6.11. The third-order valence-corrected chi connectivity index (χ3v) is 16.8. The lowest BCUT2D eigenvalue weighted by atomic mass is 9.42. The molecule has 3 atom stereocenters.